The van der Waals surface area contributed by atoms with E-state index in [0.717, 1.165) is 70.6 Å². The minimum Gasteiger partial charge on any atom is -0.542 e. The van der Waals surface area contributed by atoms with E-state index in [1.165, 1.54) is 11.8 Å². The van der Waals surface area contributed by atoms with Crippen molar-refractivity contribution < 1.29 is 76.7 Å². The number of amides is 2. The van der Waals surface area contributed by atoms with Crippen molar-refractivity contribution in [1.82, 2.24) is 55.2 Å². The third kappa shape index (κ3) is 21.3. The molecule has 2 aromatic carbocycles. The second-order valence-corrected chi connectivity index (χ2v) is 20.7. The van der Waals surface area contributed by atoms with Crippen molar-refractivity contribution in [2.75, 3.05) is 122 Å². The first-order chi connectivity index (χ1) is 40.5. The number of hydrogen-bond acceptors (Lipinski definition) is 19. The smallest absolute Gasteiger partial charge is 0.430 e. The van der Waals surface area contributed by atoms with E-state index in [0.29, 0.717) is 41.7 Å². The molecule has 1 unspecified atom stereocenters. The SMILES string of the molecule is CCN(CC)c1ccc2c(-c3ccccc3C(=O)NCCSc3nnc(CCCNC(=O)CCC(C(=O)O)N4CCN(CC(=O)O)CCN(CC(=O)O)CCN(CC(=O)O)CC4)nn3)c3ccc(=[N+](CC)CC)cc-3oc2c1.O=C([O-])C(F)(F)F. The molecule has 3 heterocycles. The maximum absolute atomic E-state index is 14.0. The zero-order chi connectivity index (χ0) is 62.2. The molecule has 0 spiro atoms. The average Bonchev–Trinajstić information content (AvgIpc) is 1.22. The van der Waals surface area contributed by atoms with Crippen molar-refractivity contribution in [2.45, 2.75) is 70.8 Å². The molecule has 85 heavy (non-hydrogen) atoms. The summed E-state index contributed by atoms with van der Waals surface area (Å²) in [4.78, 5) is 92.0. The number of anilines is 1. The van der Waals surface area contributed by atoms with Crippen LogP contribution >= 0.6 is 11.8 Å². The first-order valence-corrected chi connectivity index (χ1v) is 28.8. The van der Waals surface area contributed by atoms with Gasteiger partial charge in [0.25, 0.3) is 5.91 Å². The van der Waals surface area contributed by atoms with E-state index in [4.69, 9.17) is 14.3 Å². The number of fused-ring (bicyclic) bond motifs is 2. The third-order valence-corrected chi connectivity index (χ3v) is 14.8. The van der Waals surface area contributed by atoms with Gasteiger partial charge >= 0.3 is 30.1 Å². The van der Waals surface area contributed by atoms with Gasteiger partial charge in [0.15, 0.2) is 5.82 Å². The summed E-state index contributed by atoms with van der Waals surface area (Å²) in [5.74, 6) is -6.52. The number of carboxylic acids is 5. The minimum atomic E-state index is -5.19. The standard InChI is InChI=1S/C54H72N12O11S.C2HF3O2/c1-5-64(6-2)37-15-17-41-44(32-37)77-45-33-38(65(7-3)8-4)16-18-42(45)51(41)39-12-9-10-13-40(39)52(74)56-22-31-78-54-59-57-46(58-60-54)14-11-21-55-47(67)20-19-43(53(75)76)66-29-27-62(35-49(70)71)25-23-61(34-48(68)69)24-26-63(28-30-66)36-50(72)73;3-2(4,5)1(6)7/h9-10,12-13,15-18,32-33,43H,5-8,11,14,19-31,34-36H2,1-4H3,(H5-,55,56,67,68,69,70,71,72,73,74,75,76);(H,6,7). The molecule has 1 aromatic heterocycles. The topological polar surface area (TPSA) is 331 Å². The van der Waals surface area contributed by atoms with Gasteiger partial charge in [-0.25, -0.2) is 4.58 Å². The first-order valence-electron chi connectivity index (χ1n) is 27.8. The van der Waals surface area contributed by atoms with Crippen LogP contribution in [0.3, 0.4) is 0 Å². The van der Waals surface area contributed by atoms with Gasteiger partial charge in [0.05, 0.1) is 25.7 Å². The Kier molecular flexibility index (Phi) is 26.8. The number of nitrogens with zero attached hydrogens (tertiary/aromatic N) is 10. The fourth-order valence-corrected chi connectivity index (χ4v) is 10.2. The van der Waals surface area contributed by atoms with Crippen molar-refractivity contribution in [1.29, 1.82) is 0 Å². The number of carbonyl (C=O) groups is 7. The predicted octanol–water partition coefficient (Wildman–Crippen LogP) is 2.02. The number of aliphatic carboxylic acids is 5. The van der Waals surface area contributed by atoms with Gasteiger partial charge in [-0.15, -0.1) is 20.4 Å². The van der Waals surface area contributed by atoms with Gasteiger partial charge < -0.3 is 50.3 Å². The summed E-state index contributed by atoms with van der Waals surface area (Å²) in [5.41, 5.74) is 4.91. The molecule has 29 heteroatoms. The van der Waals surface area contributed by atoms with Crippen LogP contribution in [-0.4, -0.2) is 231 Å². The van der Waals surface area contributed by atoms with E-state index in [9.17, 15) is 62.4 Å². The summed E-state index contributed by atoms with van der Waals surface area (Å²) in [6, 6.07) is 19.0. The number of carboxylic acid groups (broad SMARTS) is 5. The zero-order valence-electron chi connectivity index (χ0n) is 47.9. The van der Waals surface area contributed by atoms with Crippen molar-refractivity contribution in [3.63, 3.8) is 0 Å². The van der Waals surface area contributed by atoms with Crippen LogP contribution in [0, 0.1) is 0 Å². The van der Waals surface area contributed by atoms with Crippen molar-refractivity contribution in [3.05, 3.63) is 77.4 Å². The fourth-order valence-electron chi connectivity index (χ4n) is 9.63. The average molecular weight is 1210 g/mol. The van der Waals surface area contributed by atoms with Crippen LogP contribution in [0.2, 0.25) is 0 Å². The molecule has 0 bridgehead atoms. The summed E-state index contributed by atoms with van der Waals surface area (Å²) < 4.78 is 40.5. The van der Waals surface area contributed by atoms with Crippen LogP contribution in [0.1, 0.15) is 63.1 Å². The van der Waals surface area contributed by atoms with E-state index in [-0.39, 0.29) is 103 Å². The highest BCUT2D eigenvalue weighted by atomic mass is 32.2. The number of halogens is 3. The van der Waals surface area contributed by atoms with Gasteiger partial charge in [0.2, 0.25) is 16.4 Å². The zero-order valence-corrected chi connectivity index (χ0v) is 48.7. The number of aryl methyl sites for hydroxylation is 1. The molecule has 1 atom stereocenters. The van der Waals surface area contributed by atoms with Crippen LogP contribution in [0.15, 0.2) is 70.2 Å². The highest BCUT2D eigenvalue weighted by Crippen LogP contribution is 2.42. The van der Waals surface area contributed by atoms with Gasteiger partial charge in [-0.05, 0) is 70.4 Å². The highest BCUT2D eigenvalue weighted by Gasteiger charge is 2.30. The van der Waals surface area contributed by atoms with E-state index in [2.05, 4.69) is 105 Å². The van der Waals surface area contributed by atoms with E-state index in [1.54, 1.807) is 19.6 Å². The number of rotatable bonds is 26. The molecule has 25 nitrogen and oxygen atoms in total. The normalized spacial score (nSPS) is 14.5. The molecule has 462 valence electrons. The van der Waals surface area contributed by atoms with Crippen molar-refractivity contribution in [2.24, 2.45) is 0 Å². The summed E-state index contributed by atoms with van der Waals surface area (Å²) >= 11 is 1.29. The molecule has 3 aromatic rings. The van der Waals surface area contributed by atoms with Crippen LogP contribution in [0.5, 0.6) is 0 Å². The molecule has 1 aliphatic carbocycles. The summed E-state index contributed by atoms with van der Waals surface area (Å²) in [7, 11) is 0. The largest absolute Gasteiger partial charge is 0.542 e. The number of thioether (sulfide) groups is 1. The number of nitrogens with one attached hydrogen (secondary N) is 2. The highest BCUT2D eigenvalue weighted by molar-refractivity contribution is 7.99. The van der Waals surface area contributed by atoms with E-state index >= 15 is 0 Å². The Balaban J connectivity index is 0.00000177. The Morgan fingerprint density at radius 1 is 0.729 bits per heavy atom. The Labute approximate surface area is 492 Å². The van der Waals surface area contributed by atoms with Crippen LogP contribution in [0.25, 0.3) is 33.4 Å². The monoisotopic (exact) mass is 1210 g/mol. The number of alkyl halides is 3. The number of carbonyl (C=O) groups excluding carboxylic acids is 3. The summed E-state index contributed by atoms with van der Waals surface area (Å²) in [6.45, 7) is 12.7. The maximum atomic E-state index is 14.0. The maximum Gasteiger partial charge on any atom is 0.430 e. The second kappa shape index (κ2) is 33.6. The Hall–Kier alpha value is -7.86. The quantitative estimate of drug-likeness (QED) is 0.0200. The summed E-state index contributed by atoms with van der Waals surface area (Å²) in [5, 5.41) is 72.6. The van der Waals surface area contributed by atoms with Crippen LogP contribution in [0.4, 0.5) is 18.9 Å². The molecule has 2 aliphatic heterocycles. The minimum absolute atomic E-state index is 0.0611. The summed E-state index contributed by atoms with van der Waals surface area (Å²) in [6.07, 6.45) is -4.57. The predicted molar refractivity (Wildman–Crippen MR) is 306 cm³/mol. The van der Waals surface area contributed by atoms with E-state index < -0.39 is 42.1 Å². The number of aromatic nitrogens is 4. The first kappa shape index (κ1) is 67.9. The van der Waals surface area contributed by atoms with Crippen LogP contribution < -0.4 is 30.6 Å². The van der Waals surface area contributed by atoms with Gasteiger partial charge in [0, 0.05) is 137 Å². The fraction of sp³-hybridized carbons (Fsp3) is 0.500. The molecule has 0 saturated carbocycles. The number of benzene rings is 3. The molecular weight excluding hydrogens is 1140 g/mol. The molecule has 1 fully saturated rings. The lowest BCUT2D eigenvalue weighted by molar-refractivity contribution is -0.344. The Morgan fingerprint density at radius 2 is 1.29 bits per heavy atom. The second-order valence-electron chi connectivity index (χ2n) is 19.6. The molecular formula is C56H73F3N12O13S. The molecule has 2 amide bonds. The van der Waals surface area contributed by atoms with Gasteiger partial charge in [-0.3, -0.25) is 48.4 Å². The van der Waals surface area contributed by atoms with Gasteiger partial charge in [0.1, 0.15) is 36.4 Å². The third-order valence-electron chi connectivity index (χ3n) is 14.0. The lowest BCUT2D eigenvalue weighted by Gasteiger charge is -2.35. The lowest BCUT2D eigenvalue weighted by Crippen LogP contribution is -2.52. The van der Waals surface area contributed by atoms with Crippen LogP contribution in [-0.2, 0) is 35.2 Å². The van der Waals surface area contributed by atoms with Crippen molar-refractivity contribution >= 4 is 70.1 Å². The Bertz CT molecular complexity index is 3080. The Morgan fingerprint density at radius 3 is 1.82 bits per heavy atom. The lowest BCUT2D eigenvalue weighted by atomic mass is 9.90. The van der Waals surface area contributed by atoms with Gasteiger partial charge in [-0.1, -0.05) is 30.0 Å². The van der Waals surface area contributed by atoms with E-state index in [1.807, 2.05) is 24.3 Å². The molecule has 6 N–H and O–H groups in total. The molecule has 1 saturated heterocycles. The number of hydrogen-bond donors (Lipinski definition) is 6. The molecule has 3 aliphatic rings. The molecule has 6 rings (SSSR count). The van der Waals surface area contributed by atoms with Gasteiger partial charge in [-0.2, -0.15) is 13.2 Å². The molecule has 0 radical (unpaired) electrons. The van der Waals surface area contributed by atoms with Crippen molar-refractivity contribution in [3.8, 4) is 22.5 Å².